The molecule has 23 heavy (non-hydrogen) atoms. The fraction of sp³-hybridized carbons (Fsp3) is 0.222. The predicted molar refractivity (Wildman–Crippen MR) is 91.4 cm³/mol. The number of aryl methyl sites for hydroxylation is 1. The van der Waals surface area contributed by atoms with Gasteiger partial charge in [-0.3, -0.25) is 4.79 Å². The second-order valence-electron chi connectivity index (χ2n) is 5.22. The van der Waals surface area contributed by atoms with Gasteiger partial charge >= 0.3 is 5.97 Å². The van der Waals surface area contributed by atoms with Gasteiger partial charge in [0.15, 0.2) is 0 Å². The van der Waals surface area contributed by atoms with Crippen molar-refractivity contribution in [3.63, 3.8) is 0 Å². The zero-order valence-electron chi connectivity index (χ0n) is 12.8. The Morgan fingerprint density at radius 1 is 1.13 bits per heavy atom. The largest absolute Gasteiger partial charge is 0.478 e. The third-order valence-corrected chi connectivity index (χ3v) is 3.82. The summed E-state index contributed by atoms with van der Waals surface area (Å²) in [5, 5.41) is 12.0. The van der Waals surface area contributed by atoms with Crippen molar-refractivity contribution in [2.24, 2.45) is 0 Å². The van der Waals surface area contributed by atoms with E-state index < -0.39 is 11.9 Å². The second kappa shape index (κ2) is 7.79. The normalized spacial score (nSPS) is 10.3. The Labute approximate surface area is 140 Å². The topological polar surface area (TPSA) is 66.4 Å². The molecule has 1 amide bonds. The second-order valence-corrected chi connectivity index (χ2v) is 5.63. The molecule has 0 aliphatic heterocycles. The number of carbonyl (C=O) groups excluding carboxylic acids is 1. The SMILES string of the molecule is CCCCc1ccc(NC(=O)c2cccc(Cl)c2C(=O)O)cc1. The van der Waals surface area contributed by atoms with Crippen LogP contribution in [-0.4, -0.2) is 17.0 Å². The van der Waals surface area contributed by atoms with Gasteiger partial charge < -0.3 is 10.4 Å². The highest BCUT2D eigenvalue weighted by Crippen LogP contribution is 2.21. The van der Waals surface area contributed by atoms with E-state index in [1.807, 2.05) is 24.3 Å². The Morgan fingerprint density at radius 2 is 1.83 bits per heavy atom. The zero-order valence-corrected chi connectivity index (χ0v) is 13.6. The van der Waals surface area contributed by atoms with Crippen LogP contribution >= 0.6 is 11.6 Å². The number of rotatable bonds is 6. The summed E-state index contributed by atoms with van der Waals surface area (Å²) in [7, 11) is 0. The van der Waals surface area contributed by atoms with Crippen LogP contribution < -0.4 is 5.32 Å². The first kappa shape index (κ1) is 17.0. The third kappa shape index (κ3) is 4.33. The summed E-state index contributed by atoms with van der Waals surface area (Å²) in [6.45, 7) is 2.14. The van der Waals surface area contributed by atoms with Crippen LogP contribution in [0.5, 0.6) is 0 Å². The maximum atomic E-state index is 12.3. The van der Waals surface area contributed by atoms with Crippen LogP contribution in [0.1, 0.15) is 46.0 Å². The summed E-state index contributed by atoms with van der Waals surface area (Å²) in [6.07, 6.45) is 3.25. The van der Waals surface area contributed by atoms with Crippen LogP contribution in [0.4, 0.5) is 5.69 Å². The number of anilines is 1. The van der Waals surface area contributed by atoms with Crippen molar-refractivity contribution >= 4 is 29.2 Å². The van der Waals surface area contributed by atoms with E-state index >= 15 is 0 Å². The monoisotopic (exact) mass is 331 g/mol. The molecular weight excluding hydrogens is 314 g/mol. The highest BCUT2D eigenvalue weighted by Gasteiger charge is 2.19. The van der Waals surface area contributed by atoms with Gasteiger partial charge in [0, 0.05) is 5.69 Å². The Morgan fingerprint density at radius 3 is 2.43 bits per heavy atom. The summed E-state index contributed by atoms with van der Waals surface area (Å²) in [5.74, 6) is -1.72. The Balaban J connectivity index is 2.16. The van der Waals surface area contributed by atoms with Crippen molar-refractivity contribution in [2.75, 3.05) is 5.32 Å². The standard InChI is InChI=1S/C18H18ClNO3/c1-2-3-5-12-8-10-13(11-9-12)20-17(21)14-6-4-7-15(19)16(14)18(22)23/h4,6-11H,2-3,5H2,1H3,(H,20,21)(H,22,23). The number of amides is 1. The van der Waals surface area contributed by atoms with Crippen LogP contribution in [-0.2, 0) is 6.42 Å². The molecule has 0 spiro atoms. The molecule has 2 N–H and O–H groups in total. The molecule has 0 aromatic heterocycles. The van der Waals surface area contributed by atoms with Crippen molar-refractivity contribution in [1.82, 2.24) is 0 Å². The lowest BCUT2D eigenvalue weighted by atomic mass is 10.1. The van der Waals surface area contributed by atoms with E-state index in [-0.39, 0.29) is 16.1 Å². The molecule has 5 heteroatoms. The van der Waals surface area contributed by atoms with Gasteiger partial charge in [0.2, 0.25) is 0 Å². The Hall–Kier alpha value is -2.33. The summed E-state index contributed by atoms with van der Waals surface area (Å²) in [5.41, 5.74) is 1.68. The van der Waals surface area contributed by atoms with Gasteiger partial charge in [-0.1, -0.05) is 43.1 Å². The maximum Gasteiger partial charge on any atom is 0.338 e. The van der Waals surface area contributed by atoms with Crippen LogP contribution in [0.25, 0.3) is 0 Å². The smallest absolute Gasteiger partial charge is 0.338 e. The highest BCUT2D eigenvalue weighted by molar-refractivity contribution is 6.34. The molecule has 0 radical (unpaired) electrons. The lowest BCUT2D eigenvalue weighted by molar-refractivity contribution is 0.0692. The molecule has 2 aromatic rings. The number of unbranched alkanes of at least 4 members (excludes halogenated alkanes) is 1. The first-order chi connectivity index (χ1) is 11.0. The highest BCUT2D eigenvalue weighted by atomic mass is 35.5. The van der Waals surface area contributed by atoms with Gasteiger partial charge in [0.25, 0.3) is 5.91 Å². The molecule has 120 valence electrons. The number of aromatic carboxylic acids is 1. The quantitative estimate of drug-likeness (QED) is 0.810. The van der Waals surface area contributed by atoms with E-state index in [0.717, 1.165) is 19.3 Å². The fourth-order valence-corrected chi connectivity index (χ4v) is 2.52. The van der Waals surface area contributed by atoms with Crippen LogP contribution in [0.2, 0.25) is 5.02 Å². The summed E-state index contributed by atoms with van der Waals surface area (Å²) in [6, 6.07) is 12.0. The minimum absolute atomic E-state index is 0.0417. The number of carboxylic acids is 1. The van der Waals surface area contributed by atoms with E-state index in [4.69, 9.17) is 11.6 Å². The molecule has 2 rings (SSSR count). The number of nitrogens with one attached hydrogen (secondary N) is 1. The molecule has 4 nitrogen and oxygen atoms in total. The number of halogens is 1. The summed E-state index contributed by atoms with van der Waals surface area (Å²) >= 11 is 5.88. The molecule has 0 saturated carbocycles. The van der Waals surface area contributed by atoms with Crippen molar-refractivity contribution in [1.29, 1.82) is 0 Å². The Kier molecular flexibility index (Phi) is 5.77. The van der Waals surface area contributed by atoms with Crippen LogP contribution in [0.15, 0.2) is 42.5 Å². The average molecular weight is 332 g/mol. The van der Waals surface area contributed by atoms with E-state index in [2.05, 4.69) is 12.2 Å². The zero-order chi connectivity index (χ0) is 16.8. The summed E-state index contributed by atoms with van der Waals surface area (Å²) < 4.78 is 0. The van der Waals surface area contributed by atoms with E-state index in [1.165, 1.54) is 17.7 Å². The van der Waals surface area contributed by atoms with Gasteiger partial charge in [-0.25, -0.2) is 4.79 Å². The number of benzene rings is 2. The molecule has 2 aromatic carbocycles. The van der Waals surface area contributed by atoms with Gasteiger partial charge in [0.1, 0.15) is 0 Å². The van der Waals surface area contributed by atoms with Crippen molar-refractivity contribution in [2.45, 2.75) is 26.2 Å². The van der Waals surface area contributed by atoms with Crippen molar-refractivity contribution in [3.05, 3.63) is 64.2 Å². The van der Waals surface area contributed by atoms with E-state index in [9.17, 15) is 14.7 Å². The molecular formula is C18H18ClNO3. The van der Waals surface area contributed by atoms with Gasteiger partial charge in [-0.05, 0) is 42.7 Å². The minimum atomic E-state index is -1.23. The first-order valence-corrected chi connectivity index (χ1v) is 7.82. The number of carboxylic acid groups (broad SMARTS) is 1. The van der Waals surface area contributed by atoms with Crippen LogP contribution in [0, 0.1) is 0 Å². The number of hydrogen-bond donors (Lipinski definition) is 2. The third-order valence-electron chi connectivity index (χ3n) is 3.50. The molecule has 0 atom stereocenters. The molecule has 0 aliphatic carbocycles. The van der Waals surface area contributed by atoms with E-state index in [0.29, 0.717) is 5.69 Å². The molecule has 0 saturated heterocycles. The molecule has 0 fully saturated rings. The van der Waals surface area contributed by atoms with Crippen molar-refractivity contribution in [3.8, 4) is 0 Å². The number of carbonyl (C=O) groups is 2. The predicted octanol–water partition coefficient (Wildman–Crippen LogP) is 4.63. The molecule has 0 heterocycles. The van der Waals surface area contributed by atoms with Gasteiger partial charge in [-0.2, -0.15) is 0 Å². The molecule has 0 bridgehead atoms. The first-order valence-electron chi connectivity index (χ1n) is 7.45. The van der Waals surface area contributed by atoms with Gasteiger partial charge in [-0.15, -0.1) is 0 Å². The lowest BCUT2D eigenvalue weighted by Crippen LogP contribution is -2.16. The van der Waals surface area contributed by atoms with E-state index in [1.54, 1.807) is 6.07 Å². The lowest BCUT2D eigenvalue weighted by Gasteiger charge is -2.09. The van der Waals surface area contributed by atoms with Gasteiger partial charge in [0.05, 0.1) is 16.1 Å². The molecule has 0 aliphatic rings. The maximum absolute atomic E-state index is 12.3. The molecule has 0 unspecified atom stereocenters. The number of hydrogen-bond acceptors (Lipinski definition) is 2. The fourth-order valence-electron chi connectivity index (χ4n) is 2.26. The average Bonchev–Trinajstić information content (AvgIpc) is 2.53. The summed E-state index contributed by atoms with van der Waals surface area (Å²) in [4.78, 5) is 23.6. The minimum Gasteiger partial charge on any atom is -0.478 e. The van der Waals surface area contributed by atoms with Crippen molar-refractivity contribution < 1.29 is 14.7 Å². The Bertz CT molecular complexity index is 711. The van der Waals surface area contributed by atoms with Crippen LogP contribution in [0.3, 0.4) is 0 Å².